The lowest BCUT2D eigenvalue weighted by Crippen LogP contribution is -2.26. The van der Waals surface area contributed by atoms with Crippen molar-refractivity contribution < 1.29 is 31.8 Å². The quantitative estimate of drug-likeness (QED) is 0.639. The zero-order valence-electron chi connectivity index (χ0n) is 12.7. The molecule has 0 bridgehead atoms. The van der Waals surface area contributed by atoms with Gasteiger partial charge in [-0.1, -0.05) is 12.1 Å². The molecule has 0 amide bonds. The molecule has 1 aliphatic rings. The van der Waals surface area contributed by atoms with Crippen LogP contribution in [0.25, 0.3) is 11.1 Å². The maximum atomic E-state index is 13.6. The first-order valence-electron chi connectivity index (χ1n) is 7.25. The number of hydrogen-bond donors (Lipinski definition) is 0. The van der Waals surface area contributed by atoms with Crippen molar-refractivity contribution in [2.75, 3.05) is 0 Å². The molecule has 4 rings (SSSR count). The molecule has 2 aromatic carbocycles. The Hall–Kier alpha value is -3.36. The fraction of sp³-hybridized carbons (Fsp3) is 0.0588. The summed E-state index contributed by atoms with van der Waals surface area (Å²) in [6.07, 6.45) is -1.17. The molecule has 0 aliphatic carbocycles. The van der Waals surface area contributed by atoms with E-state index in [0.29, 0.717) is 17.2 Å². The Morgan fingerprint density at radius 3 is 2.46 bits per heavy atom. The molecule has 0 saturated heterocycles. The summed E-state index contributed by atoms with van der Waals surface area (Å²) in [6, 6.07) is 6.97. The minimum absolute atomic E-state index is 0.110. The Morgan fingerprint density at radius 2 is 1.73 bits per heavy atom. The average Bonchev–Trinajstić information content (AvgIpc) is 2.92. The minimum atomic E-state index is -3.75. The van der Waals surface area contributed by atoms with E-state index in [1.807, 2.05) is 0 Å². The van der Waals surface area contributed by atoms with Crippen LogP contribution in [0, 0.1) is 11.6 Å². The van der Waals surface area contributed by atoms with Crippen molar-refractivity contribution in [1.82, 2.24) is 9.97 Å². The fourth-order valence-corrected chi connectivity index (χ4v) is 2.36. The molecule has 132 valence electrons. The number of nitrogens with zero attached hydrogens (tertiary/aromatic N) is 2. The summed E-state index contributed by atoms with van der Waals surface area (Å²) in [5.74, 6) is -2.16. The molecule has 0 N–H and O–H groups in total. The molecule has 5 nitrogen and oxygen atoms in total. The third-order valence-corrected chi connectivity index (χ3v) is 3.46. The Bertz CT molecular complexity index is 980. The van der Waals surface area contributed by atoms with E-state index < -0.39 is 17.9 Å². The summed E-state index contributed by atoms with van der Waals surface area (Å²) in [4.78, 5) is 7.80. The lowest BCUT2D eigenvalue weighted by atomic mass is 10.1. The van der Waals surface area contributed by atoms with E-state index in [1.165, 1.54) is 30.6 Å². The van der Waals surface area contributed by atoms with Crippen LogP contribution in [-0.4, -0.2) is 16.3 Å². The highest BCUT2D eigenvalue weighted by molar-refractivity contribution is 5.73. The number of para-hydroxylation sites is 1. The van der Waals surface area contributed by atoms with Gasteiger partial charge in [-0.15, -0.1) is 8.78 Å². The standard InChI is InChI=1S/C17H8F4N2O3/c18-10-4-5-13(12(19)6-10)24-16-22-7-9(8-23-16)11-2-1-3-14-15(11)26-17(20,21)25-14/h1-8H. The Balaban J connectivity index is 1.61. The molecule has 9 heteroatoms. The van der Waals surface area contributed by atoms with Gasteiger partial charge in [0.25, 0.3) is 0 Å². The van der Waals surface area contributed by atoms with Gasteiger partial charge < -0.3 is 14.2 Å². The van der Waals surface area contributed by atoms with Crippen molar-refractivity contribution in [1.29, 1.82) is 0 Å². The molecule has 2 heterocycles. The van der Waals surface area contributed by atoms with E-state index in [-0.39, 0.29) is 23.3 Å². The van der Waals surface area contributed by atoms with Crippen molar-refractivity contribution >= 4 is 0 Å². The molecule has 26 heavy (non-hydrogen) atoms. The second-order valence-corrected chi connectivity index (χ2v) is 5.23. The van der Waals surface area contributed by atoms with Crippen LogP contribution in [0.2, 0.25) is 0 Å². The van der Waals surface area contributed by atoms with E-state index in [2.05, 4.69) is 19.4 Å². The monoisotopic (exact) mass is 364 g/mol. The third-order valence-electron chi connectivity index (χ3n) is 3.46. The molecule has 0 saturated carbocycles. The van der Waals surface area contributed by atoms with Crippen LogP contribution in [0.5, 0.6) is 23.3 Å². The molecule has 0 unspecified atom stereocenters. The van der Waals surface area contributed by atoms with Gasteiger partial charge in [-0.05, 0) is 18.2 Å². The van der Waals surface area contributed by atoms with Gasteiger partial charge in [-0.3, -0.25) is 0 Å². The van der Waals surface area contributed by atoms with Crippen LogP contribution < -0.4 is 14.2 Å². The Kier molecular flexibility index (Phi) is 3.64. The summed E-state index contributed by atoms with van der Waals surface area (Å²) in [6.45, 7) is 0. The smallest absolute Gasteiger partial charge is 0.421 e. The molecule has 0 spiro atoms. The number of rotatable bonds is 3. The van der Waals surface area contributed by atoms with Crippen LogP contribution in [-0.2, 0) is 0 Å². The second-order valence-electron chi connectivity index (χ2n) is 5.23. The predicted octanol–water partition coefficient (Wildman–Crippen LogP) is 4.54. The number of aromatic nitrogens is 2. The van der Waals surface area contributed by atoms with E-state index in [4.69, 9.17) is 4.74 Å². The van der Waals surface area contributed by atoms with Gasteiger partial charge >= 0.3 is 12.3 Å². The van der Waals surface area contributed by atoms with Gasteiger partial charge in [0.05, 0.1) is 0 Å². The average molecular weight is 364 g/mol. The number of hydrogen-bond acceptors (Lipinski definition) is 5. The van der Waals surface area contributed by atoms with Crippen LogP contribution >= 0.6 is 0 Å². The van der Waals surface area contributed by atoms with Crippen LogP contribution in [0.1, 0.15) is 0 Å². The molecule has 0 radical (unpaired) electrons. The summed E-state index contributed by atoms with van der Waals surface area (Å²) >= 11 is 0. The van der Waals surface area contributed by atoms with Crippen LogP contribution in [0.15, 0.2) is 48.8 Å². The normalized spacial score (nSPS) is 14.3. The zero-order valence-corrected chi connectivity index (χ0v) is 12.7. The third kappa shape index (κ3) is 2.99. The summed E-state index contributed by atoms with van der Waals surface area (Å²) in [5, 5.41) is 0. The van der Waals surface area contributed by atoms with Crippen molar-refractivity contribution in [3.63, 3.8) is 0 Å². The van der Waals surface area contributed by atoms with Crippen molar-refractivity contribution in [2.45, 2.75) is 6.29 Å². The van der Waals surface area contributed by atoms with Crippen molar-refractivity contribution in [2.24, 2.45) is 0 Å². The molecule has 3 aromatic rings. The van der Waals surface area contributed by atoms with Crippen molar-refractivity contribution in [3.05, 3.63) is 60.4 Å². The molecule has 0 atom stereocenters. The van der Waals surface area contributed by atoms with Crippen LogP contribution in [0.3, 0.4) is 0 Å². The van der Waals surface area contributed by atoms with Crippen LogP contribution in [0.4, 0.5) is 17.6 Å². The lowest BCUT2D eigenvalue weighted by molar-refractivity contribution is -0.286. The maximum Gasteiger partial charge on any atom is 0.586 e. The highest BCUT2D eigenvalue weighted by Gasteiger charge is 2.44. The van der Waals surface area contributed by atoms with E-state index in [9.17, 15) is 17.6 Å². The number of alkyl halides is 2. The fourth-order valence-electron chi connectivity index (χ4n) is 2.36. The number of halogens is 4. The summed E-state index contributed by atoms with van der Waals surface area (Å²) in [5.41, 5.74) is 0.647. The Labute approximate surface area is 143 Å². The predicted molar refractivity (Wildman–Crippen MR) is 80.1 cm³/mol. The summed E-state index contributed by atoms with van der Waals surface area (Å²) < 4.78 is 67.0. The molecular formula is C17H8F4N2O3. The number of fused-ring (bicyclic) bond motifs is 1. The Morgan fingerprint density at radius 1 is 0.962 bits per heavy atom. The second kappa shape index (κ2) is 5.87. The lowest BCUT2D eigenvalue weighted by Gasteiger charge is -2.08. The maximum absolute atomic E-state index is 13.6. The molecular weight excluding hydrogens is 356 g/mol. The van der Waals surface area contributed by atoms with Gasteiger partial charge in [-0.2, -0.15) is 0 Å². The topological polar surface area (TPSA) is 53.5 Å². The van der Waals surface area contributed by atoms with Gasteiger partial charge in [0.15, 0.2) is 23.1 Å². The molecule has 1 aliphatic heterocycles. The van der Waals surface area contributed by atoms with Gasteiger partial charge in [-0.25, -0.2) is 18.7 Å². The highest BCUT2D eigenvalue weighted by atomic mass is 19.3. The zero-order chi connectivity index (χ0) is 18.3. The minimum Gasteiger partial charge on any atom is -0.421 e. The van der Waals surface area contributed by atoms with Crippen molar-refractivity contribution in [3.8, 4) is 34.4 Å². The van der Waals surface area contributed by atoms with E-state index in [1.54, 1.807) is 0 Å². The summed E-state index contributed by atoms with van der Waals surface area (Å²) in [7, 11) is 0. The SMILES string of the molecule is Fc1ccc(Oc2ncc(-c3cccc4c3OC(F)(F)O4)cn2)c(F)c1. The molecule has 1 aromatic heterocycles. The largest absolute Gasteiger partial charge is 0.586 e. The van der Waals surface area contributed by atoms with Gasteiger partial charge in [0.2, 0.25) is 0 Å². The first-order valence-corrected chi connectivity index (χ1v) is 7.25. The first kappa shape index (κ1) is 16.1. The number of benzene rings is 2. The first-order chi connectivity index (χ1) is 12.4. The van der Waals surface area contributed by atoms with Gasteiger partial charge in [0.1, 0.15) is 5.82 Å². The van der Waals surface area contributed by atoms with Gasteiger partial charge in [0, 0.05) is 29.6 Å². The highest BCUT2D eigenvalue weighted by Crippen LogP contribution is 2.46. The molecule has 0 fully saturated rings. The number of ether oxygens (including phenoxy) is 3. The van der Waals surface area contributed by atoms with E-state index >= 15 is 0 Å². The van der Waals surface area contributed by atoms with E-state index in [0.717, 1.165) is 12.1 Å².